The van der Waals surface area contributed by atoms with E-state index in [4.69, 9.17) is 0 Å². The van der Waals surface area contributed by atoms with Crippen LogP contribution < -0.4 is 0 Å². The summed E-state index contributed by atoms with van der Waals surface area (Å²) < 4.78 is 13.1. The number of nitrogens with zero attached hydrogens (tertiary/aromatic N) is 1. The van der Waals surface area contributed by atoms with Crippen LogP contribution in [-0.2, 0) is 6.42 Å². The molecule has 0 amide bonds. The molecule has 78 valence electrons. The van der Waals surface area contributed by atoms with Crippen LogP contribution >= 0.6 is 15.9 Å². The summed E-state index contributed by atoms with van der Waals surface area (Å²) in [7, 11) is 0. The minimum absolute atomic E-state index is 0.359. The van der Waals surface area contributed by atoms with Crippen LogP contribution in [0.3, 0.4) is 0 Å². The van der Waals surface area contributed by atoms with E-state index in [0.29, 0.717) is 6.42 Å². The van der Waals surface area contributed by atoms with E-state index in [1.54, 1.807) is 0 Å². The molecule has 1 aromatic carbocycles. The molecule has 4 heteroatoms. The van der Waals surface area contributed by atoms with Crippen LogP contribution in [0.25, 0.3) is 11.3 Å². The number of nitrogens with one attached hydrogen (secondary N) is 1. The van der Waals surface area contributed by atoms with Gasteiger partial charge < -0.3 is 0 Å². The second-order valence-electron chi connectivity index (χ2n) is 3.22. The third-order valence-electron chi connectivity index (χ3n) is 2.13. The smallest absolute Gasteiger partial charge is 0.0949 e. The van der Waals surface area contributed by atoms with Crippen molar-refractivity contribution in [2.24, 2.45) is 0 Å². The summed E-state index contributed by atoms with van der Waals surface area (Å²) in [5.74, 6) is 0. The molecule has 0 spiro atoms. The molecule has 2 aromatic rings. The SMILES string of the molecule is FCCc1cc(-c2ccc(Br)cc2)n[nH]1. The quantitative estimate of drug-likeness (QED) is 0.909. The molecule has 1 heterocycles. The van der Waals surface area contributed by atoms with Crippen molar-refractivity contribution in [2.45, 2.75) is 6.42 Å². The number of aromatic amines is 1. The van der Waals surface area contributed by atoms with E-state index in [1.165, 1.54) is 0 Å². The fourth-order valence-corrected chi connectivity index (χ4v) is 1.62. The van der Waals surface area contributed by atoms with E-state index in [0.717, 1.165) is 21.4 Å². The lowest BCUT2D eigenvalue weighted by Gasteiger charge is -1.95. The monoisotopic (exact) mass is 268 g/mol. The maximum atomic E-state index is 12.1. The van der Waals surface area contributed by atoms with Gasteiger partial charge in [0.1, 0.15) is 0 Å². The van der Waals surface area contributed by atoms with Crippen molar-refractivity contribution < 1.29 is 4.39 Å². The Balaban J connectivity index is 2.25. The Labute approximate surface area is 95.6 Å². The number of alkyl halides is 1. The van der Waals surface area contributed by atoms with Crippen LogP contribution in [0, 0.1) is 0 Å². The summed E-state index contributed by atoms with van der Waals surface area (Å²) in [5, 5.41) is 6.95. The van der Waals surface area contributed by atoms with E-state index in [9.17, 15) is 4.39 Å². The molecule has 2 nitrogen and oxygen atoms in total. The third-order valence-corrected chi connectivity index (χ3v) is 2.66. The summed E-state index contributed by atoms with van der Waals surface area (Å²) in [6, 6.07) is 9.74. The lowest BCUT2D eigenvalue weighted by atomic mass is 10.1. The van der Waals surface area contributed by atoms with Gasteiger partial charge in [-0.05, 0) is 18.2 Å². The van der Waals surface area contributed by atoms with Gasteiger partial charge in [-0.3, -0.25) is 9.49 Å². The highest BCUT2D eigenvalue weighted by Crippen LogP contribution is 2.20. The summed E-state index contributed by atoms with van der Waals surface area (Å²) in [4.78, 5) is 0. The van der Waals surface area contributed by atoms with Crippen LogP contribution in [0.2, 0.25) is 0 Å². The standard InChI is InChI=1S/C11H10BrFN2/c12-9-3-1-8(2-4-9)11-7-10(5-6-13)14-15-11/h1-4,7H,5-6H2,(H,14,15). The highest BCUT2D eigenvalue weighted by atomic mass is 79.9. The average molecular weight is 269 g/mol. The van der Waals surface area contributed by atoms with Crippen molar-refractivity contribution in [2.75, 3.05) is 6.67 Å². The van der Waals surface area contributed by atoms with Crippen LogP contribution in [0.1, 0.15) is 5.69 Å². The molecular formula is C11H10BrFN2. The predicted molar refractivity (Wildman–Crippen MR) is 61.4 cm³/mol. The van der Waals surface area contributed by atoms with Gasteiger partial charge >= 0.3 is 0 Å². The normalized spacial score (nSPS) is 10.5. The fraction of sp³-hybridized carbons (Fsp3) is 0.182. The summed E-state index contributed by atoms with van der Waals surface area (Å²) in [6.45, 7) is -0.359. The summed E-state index contributed by atoms with van der Waals surface area (Å²) >= 11 is 3.37. The lowest BCUT2D eigenvalue weighted by molar-refractivity contribution is 0.491. The highest BCUT2D eigenvalue weighted by molar-refractivity contribution is 9.10. The Kier molecular flexibility index (Phi) is 3.16. The van der Waals surface area contributed by atoms with Crippen molar-refractivity contribution in [3.05, 3.63) is 40.5 Å². The Morgan fingerprint density at radius 1 is 1.27 bits per heavy atom. The number of rotatable bonds is 3. The van der Waals surface area contributed by atoms with Gasteiger partial charge in [-0.2, -0.15) is 5.10 Å². The predicted octanol–water partition coefficient (Wildman–Crippen LogP) is 3.35. The molecule has 1 N–H and O–H groups in total. The van der Waals surface area contributed by atoms with Gasteiger partial charge in [-0.25, -0.2) is 0 Å². The zero-order valence-electron chi connectivity index (χ0n) is 8.00. The van der Waals surface area contributed by atoms with Gasteiger partial charge in [0.05, 0.1) is 12.4 Å². The van der Waals surface area contributed by atoms with E-state index in [1.807, 2.05) is 30.3 Å². The molecule has 0 bridgehead atoms. The van der Waals surface area contributed by atoms with Crippen molar-refractivity contribution >= 4 is 15.9 Å². The van der Waals surface area contributed by atoms with Gasteiger partial charge in [-0.15, -0.1) is 0 Å². The maximum Gasteiger partial charge on any atom is 0.0949 e. The molecule has 0 fully saturated rings. The summed E-state index contributed by atoms with van der Waals surface area (Å²) in [6.07, 6.45) is 0.392. The molecule has 0 saturated carbocycles. The van der Waals surface area contributed by atoms with Gasteiger partial charge in [0.15, 0.2) is 0 Å². The van der Waals surface area contributed by atoms with Crippen LogP contribution in [0.15, 0.2) is 34.8 Å². The number of aryl methyl sites for hydroxylation is 1. The number of hydrogen-bond donors (Lipinski definition) is 1. The molecule has 0 aliphatic rings. The molecule has 0 unspecified atom stereocenters. The van der Waals surface area contributed by atoms with E-state index in [2.05, 4.69) is 26.1 Å². The Morgan fingerprint density at radius 3 is 2.67 bits per heavy atom. The molecule has 0 aliphatic carbocycles. The van der Waals surface area contributed by atoms with Crippen molar-refractivity contribution in [1.82, 2.24) is 10.2 Å². The number of benzene rings is 1. The number of aromatic nitrogens is 2. The minimum atomic E-state index is -0.359. The molecule has 0 aliphatic heterocycles. The van der Waals surface area contributed by atoms with E-state index >= 15 is 0 Å². The second kappa shape index (κ2) is 4.57. The minimum Gasteiger partial charge on any atom is -0.282 e. The highest BCUT2D eigenvalue weighted by Gasteiger charge is 2.03. The van der Waals surface area contributed by atoms with Gasteiger partial charge in [0, 0.05) is 22.2 Å². The Hall–Kier alpha value is -1.16. The lowest BCUT2D eigenvalue weighted by Crippen LogP contribution is -1.85. The van der Waals surface area contributed by atoms with E-state index < -0.39 is 0 Å². The van der Waals surface area contributed by atoms with Crippen molar-refractivity contribution in [3.63, 3.8) is 0 Å². The number of hydrogen-bond acceptors (Lipinski definition) is 1. The fourth-order valence-electron chi connectivity index (χ4n) is 1.36. The maximum absolute atomic E-state index is 12.1. The van der Waals surface area contributed by atoms with Crippen LogP contribution in [-0.4, -0.2) is 16.9 Å². The van der Waals surface area contributed by atoms with Gasteiger partial charge in [0.25, 0.3) is 0 Å². The molecule has 0 radical (unpaired) electrons. The molecule has 0 saturated heterocycles. The Morgan fingerprint density at radius 2 is 2.00 bits per heavy atom. The molecule has 2 rings (SSSR count). The topological polar surface area (TPSA) is 28.7 Å². The third kappa shape index (κ3) is 2.45. The zero-order chi connectivity index (χ0) is 10.7. The molecule has 15 heavy (non-hydrogen) atoms. The Bertz CT molecular complexity index is 436. The first-order chi connectivity index (χ1) is 7.29. The van der Waals surface area contributed by atoms with Crippen molar-refractivity contribution in [3.8, 4) is 11.3 Å². The molecular weight excluding hydrogens is 259 g/mol. The van der Waals surface area contributed by atoms with Crippen LogP contribution in [0.5, 0.6) is 0 Å². The first-order valence-electron chi connectivity index (χ1n) is 4.66. The second-order valence-corrected chi connectivity index (χ2v) is 4.14. The first-order valence-corrected chi connectivity index (χ1v) is 5.45. The molecule has 1 aromatic heterocycles. The number of halogens is 2. The average Bonchev–Trinajstić information content (AvgIpc) is 2.68. The van der Waals surface area contributed by atoms with Gasteiger partial charge in [0.2, 0.25) is 0 Å². The van der Waals surface area contributed by atoms with E-state index in [-0.39, 0.29) is 6.67 Å². The number of H-pyrrole nitrogens is 1. The van der Waals surface area contributed by atoms with Gasteiger partial charge in [-0.1, -0.05) is 28.1 Å². The first kappa shape index (κ1) is 10.4. The largest absolute Gasteiger partial charge is 0.282 e. The van der Waals surface area contributed by atoms with Crippen LogP contribution in [0.4, 0.5) is 4.39 Å². The van der Waals surface area contributed by atoms with Crippen molar-refractivity contribution in [1.29, 1.82) is 0 Å². The zero-order valence-corrected chi connectivity index (χ0v) is 9.59. The molecule has 0 atom stereocenters. The summed E-state index contributed by atoms with van der Waals surface area (Å²) in [5.41, 5.74) is 2.71.